The number of ether oxygens (including phenoxy) is 2. The molecule has 0 saturated carbocycles. The Morgan fingerprint density at radius 1 is 0.793 bits per heavy atom. The normalized spacial score (nSPS) is 12.2. The molecule has 0 aliphatic carbocycles. The largest absolute Gasteiger partial charge is 0.431 e. The fourth-order valence-electron chi connectivity index (χ4n) is 3.20. The number of benzene rings is 2. The molecule has 1 unspecified atom stereocenters. The highest BCUT2D eigenvalue weighted by atomic mass is 19.3. The number of hydrogen-bond acceptors (Lipinski definition) is 3. The van der Waals surface area contributed by atoms with Gasteiger partial charge in [-0.25, -0.2) is 0 Å². The van der Waals surface area contributed by atoms with E-state index in [2.05, 4.69) is 14.5 Å². The van der Waals surface area contributed by atoms with Crippen molar-refractivity contribution in [2.24, 2.45) is 0 Å². The van der Waals surface area contributed by atoms with Gasteiger partial charge in [-0.1, -0.05) is 36.4 Å². The van der Waals surface area contributed by atoms with Crippen molar-refractivity contribution >= 4 is 0 Å². The minimum Gasteiger partial charge on any atom is -0.431 e. The number of alkyl halides is 4. The SMILES string of the molecule is Cc1cc(CC(c2ccccc2)c2ccc(OC(F)F)c(OC(F)F)c2)ccn1. The lowest BCUT2D eigenvalue weighted by atomic mass is 9.86. The molecule has 0 radical (unpaired) electrons. The molecule has 29 heavy (non-hydrogen) atoms. The highest BCUT2D eigenvalue weighted by Gasteiger charge is 2.20. The molecule has 3 nitrogen and oxygen atoms in total. The molecule has 152 valence electrons. The summed E-state index contributed by atoms with van der Waals surface area (Å²) < 4.78 is 59.6. The van der Waals surface area contributed by atoms with Crippen molar-refractivity contribution < 1.29 is 27.0 Å². The standard InChI is InChI=1S/C22H19F4NO2/c1-14-11-15(9-10-27-14)12-18(16-5-3-2-4-6-16)17-7-8-19(28-21(23)24)20(13-17)29-22(25)26/h2-11,13,18,21-22H,12H2,1H3. The number of hydrogen-bond donors (Lipinski definition) is 0. The quantitative estimate of drug-likeness (QED) is 0.433. The van der Waals surface area contributed by atoms with Crippen molar-refractivity contribution in [2.75, 3.05) is 0 Å². The summed E-state index contributed by atoms with van der Waals surface area (Å²) in [7, 11) is 0. The van der Waals surface area contributed by atoms with Crippen LogP contribution >= 0.6 is 0 Å². The van der Waals surface area contributed by atoms with Crippen LogP contribution in [0.3, 0.4) is 0 Å². The van der Waals surface area contributed by atoms with Gasteiger partial charge in [-0.2, -0.15) is 17.6 Å². The van der Waals surface area contributed by atoms with E-state index in [4.69, 9.17) is 0 Å². The second kappa shape index (κ2) is 9.41. The van der Waals surface area contributed by atoms with Crippen molar-refractivity contribution in [2.45, 2.75) is 32.5 Å². The Bertz CT molecular complexity index is 935. The first kappa shape index (κ1) is 20.6. The van der Waals surface area contributed by atoms with E-state index in [9.17, 15) is 17.6 Å². The highest BCUT2D eigenvalue weighted by Crippen LogP contribution is 2.36. The van der Waals surface area contributed by atoms with Gasteiger partial charge in [0.25, 0.3) is 0 Å². The van der Waals surface area contributed by atoms with Crippen LogP contribution < -0.4 is 9.47 Å². The van der Waals surface area contributed by atoms with Crippen LogP contribution in [0.25, 0.3) is 0 Å². The van der Waals surface area contributed by atoms with E-state index in [1.807, 2.05) is 49.4 Å². The van der Waals surface area contributed by atoms with Crippen LogP contribution in [0.5, 0.6) is 11.5 Å². The van der Waals surface area contributed by atoms with E-state index in [-0.39, 0.29) is 5.92 Å². The van der Waals surface area contributed by atoms with Crippen LogP contribution in [0.2, 0.25) is 0 Å². The van der Waals surface area contributed by atoms with E-state index < -0.39 is 24.7 Å². The Kier molecular flexibility index (Phi) is 6.69. The Balaban J connectivity index is 2.02. The van der Waals surface area contributed by atoms with Crippen LogP contribution in [0.1, 0.15) is 28.3 Å². The van der Waals surface area contributed by atoms with Crippen molar-refractivity contribution in [3.63, 3.8) is 0 Å². The van der Waals surface area contributed by atoms with E-state index in [1.165, 1.54) is 12.1 Å². The van der Waals surface area contributed by atoms with Crippen molar-refractivity contribution in [3.8, 4) is 11.5 Å². The molecule has 7 heteroatoms. The molecule has 0 N–H and O–H groups in total. The van der Waals surface area contributed by atoms with Gasteiger partial charge in [-0.05, 0) is 54.3 Å². The van der Waals surface area contributed by atoms with Crippen LogP contribution in [0, 0.1) is 6.92 Å². The third-order valence-electron chi connectivity index (χ3n) is 4.41. The van der Waals surface area contributed by atoms with Crippen LogP contribution in [0.15, 0.2) is 66.9 Å². The molecular formula is C22H19F4NO2. The first-order chi connectivity index (χ1) is 13.9. The van der Waals surface area contributed by atoms with Crippen LogP contribution in [-0.2, 0) is 6.42 Å². The molecule has 3 aromatic rings. The first-order valence-corrected chi connectivity index (χ1v) is 8.92. The van der Waals surface area contributed by atoms with E-state index in [0.717, 1.165) is 16.8 Å². The molecule has 1 atom stereocenters. The smallest absolute Gasteiger partial charge is 0.387 e. The molecule has 0 amide bonds. The Morgan fingerprint density at radius 2 is 1.48 bits per heavy atom. The van der Waals surface area contributed by atoms with Gasteiger partial charge in [-0.3, -0.25) is 4.98 Å². The molecule has 0 aliphatic rings. The van der Waals surface area contributed by atoms with Crippen molar-refractivity contribution in [1.82, 2.24) is 4.98 Å². The average Bonchev–Trinajstić information content (AvgIpc) is 2.67. The predicted molar refractivity (Wildman–Crippen MR) is 101 cm³/mol. The summed E-state index contributed by atoms with van der Waals surface area (Å²) in [4.78, 5) is 4.19. The second-order valence-electron chi connectivity index (χ2n) is 6.44. The van der Waals surface area contributed by atoms with E-state index >= 15 is 0 Å². The van der Waals surface area contributed by atoms with Crippen molar-refractivity contribution in [3.05, 3.63) is 89.2 Å². The summed E-state index contributed by atoms with van der Waals surface area (Å²) in [6.07, 6.45) is 2.27. The van der Waals surface area contributed by atoms with E-state index in [0.29, 0.717) is 12.0 Å². The molecule has 1 heterocycles. The lowest BCUT2D eigenvalue weighted by molar-refractivity contribution is -0.0692. The van der Waals surface area contributed by atoms with Gasteiger partial charge in [-0.15, -0.1) is 0 Å². The molecule has 0 bridgehead atoms. The summed E-state index contributed by atoms with van der Waals surface area (Å²) in [6.45, 7) is -4.43. The summed E-state index contributed by atoms with van der Waals surface area (Å²) in [5.74, 6) is -1.07. The highest BCUT2D eigenvalue weighted by molar-refractivity contribution is 5.47. The summed E-state index contributed by atoms with van der Waals surface area (Å²) >= 11 is 0. The summed E-state index contributed by atoms with van der Waals surface area (Å²) in [5.41, 5.74) is 3.46. The number of nitrogens with zero attached hydrogens (tertiary/aromatic N) is 1. The predicted octanol–water partition coefficient (Wildman–Crippen LogP) is 5.97. The van der Waals surface area contributed by atoms with Gasteiger partial charge in [0.15, 0.2) is 11.5 Å². The maximum Gasteiger partial charge on any atom is 0.387 e. The van der Waals surface area contributed by atoms with Gasteiger partial charge in [0.2, 0.25) is 0 Å². The summed E-state index contributed by atoms with van der Waals surface area (Å²) in [6, 6.07) is 17.5. The van der Waals surface area contributed by atoms with Gasteiger partial charge < -0.3 is 9.47 Å². The first-order valence-electron chi connectivity index (χ1n) is 8.92. The number of rotatable bonds is 8. The van der Waals surface area contributed by atoms with Gasteiger partial charge >= 0.3 is 13.2 Å². The second-order valence-corrected chi connectivity index (χ2v) is 6.44. The maximum absolute atomic E-state index is 12.8. The molecule has 0 saturated heterocycles. The molecule has 3 rings (SSSR count). The summed E-state index contributed by atoms with van der Waals surface area (Å²) in [5, 5.41) is 0. The lowest BCUT2D eigenvalue weighted by Crippen LogP contribution is -2.10. The number of aryl methyl sites for hydroxylation is 1. The monoisotopic (exact) mass is 405 g/mol. The zero-order valence-corrected chi connectivity index (χ0v) is 15.6. The fraction of sp³-hybridized carbons (Fsp3) is 0.227. The molecule has 0 fully saturated rings. The molecule has 0 aliphatic heterocycles. The average molecular weight is 405 g/mol. The molecule has 2 aromatic carbocycles. The van der Waals surface area contributed by atoms with Crippen LogP contribution in [0.4, 0.5) is 17.6 Å². The minimum atomic E-state index is -3.16. The fourth-order valence-corrected chi connectivity index (χ4v) is 3.20. The zero-order chi connectivity index (χ0) is 20.8. The van der Waals surface area contributed by atoms with Gasteiger partial charge in [0.05, 0.1) is 0 Å². The third-order valence-corrected chi connectivity index (χ3v) is 4.41. The molecule has 1 aromatic heterocycles. The third kappa shape index (κ3) is 5.70. The topological polar surface area (TPSA) is 31.4 Å². The Hall–Kier alpha value is -3.09. The molecular weight excluding hydrogens is 386 g/mol. The van der Waals surface area contributed by atoms with Crippen LogP contribution in [-0.4, -0.2) is 18.2 Å². The maximum atomic E-state index is 12.8. The Labute approximate surface area is 165 Å². The van der Waals surface area contributed by atoms with Gasteiger partial charge in [0, 0.05) is 17.8 Å². The number of pyridine rings is 1. The minimum absolute atomic E-state index is 0.210. The lowest BCUT2D eigenvalue weighted by Gasteiger charge is -2.20. The zero-order valence-electron chi connectivity index (χ0n) is 15.6. The Morgan fingerprint density at radius 3 is 2.14 bits per heavy atom. The van der Waals surface area contributed by atoms with E-state index in [1.54, 1.807) is 12.3 Å². The molecule has 0 spiro atoms. The number of aromatic nitrogens is 1. The van der Waals surface area contributed by atoms with Gasteiger partial charge in [0.1, 0.15) is 0 Å². The number of halogens is 4. The van der Waals surface area contributed by atoms with Crippen molar-refractivity contribution in [1.29, 1.82) is 0 Å².